The first-order valence-electron chi connectivity index (χ1n) is 5.70. The fourth-order valence-electron chi connectivity index (χ4n) is 1.72. The lowest BCUT2D eigenvalue weighted by molar-refractivity contribution is -0.137. The lowest BCUT2D eigenvalue weighted by Gasteiger charge is -2.26. The van der Waals surface area contributed by atoms with Crippen molar-refractivity contribution >= 4 is 11.5 Å². The highest BCUT2D eigenvalue weighted by atomic mass is 19.4. The van der Waals surface area contributed by atoms with E-state index in [4.69, 9.17) is 16.4 Å². The van der Waals surface area contributed by atoms with E-state index in [0.717, 1.165) is 12.1 Å². The molecule has 0 saturated heterocycles. The largest absolute Gasteiger partial charge is 0.417 e. The predicted molar refractivity (Wildman–Crippen MR) is 66.3 cm³/mol. The Morgan fingerprint density at radius 1 is 1.23 bits per heavy atom. The Labute approximate surface area is 121 Å². The minimum Gasteiger partial charge on any atom is -0.386 e. The van der Waals surface area contributed by atoms with Crippen LogP contribution in [0.5, 0.6) is 0 Å². The first-order valence-corrected chi connectivity index (χ1v) is 5.70. The average molecular weight is 324 g/mol. The molecule has 0 aromatic heterocycles. The third-order valence-corrected chi connectivity index (χ3v) is 2.53. The Hall–Kier alpha value is -2.44. The fraction of sp³-hybridized carbons (Fsp3) is 0.333. The molecule has 0 bridgehead atoms. The Kier molecular flexibility index (Phi) is 4.91. The van der Waals surface area contributed by atoms with Gasteiger partial charge in [0.15, 0.2) is 0 Å². The van der Waals surface area contributed by atoms with Crippen LogP contribution in [-0.2, 0) is 6.18 Å². The second-order valence-electron chi connectivity index (χ2n) is 4.34. The van der Waals surface area contributed by atoms with Crippen LogP contribution in [0.3, 0.4) is 0 Å². The van der Waals surface area contributed by atoms with Crippen LogP contribution in [0, 0.1) is 16.7 Å². The summed E-state index contributed by atoms with van der Waals surface area (Å²) in [6.45, 7) is -2.27. The smallest absolute Gasteiger partial charge is 0.386 e. The number of amidine groups is 1. The van der Waals surface area contributed by atoms with Crippen molar-refractivity contribution in [2.45, 2.75) is 12.4 Å². The molecular weight excluding hydrogens is 314 g/mol. The van der Waals surface area contributed by atoms with Gasteiger partial charge in [-0.2, -0.15) is 31.6 Å². The van der Waals surface area contributed by atoms with Crippen LogP contribution < -0.4 is 10.6 Å². The summed E-state index contributed by atoms with van der Waals surface area (Å²) in [5.41, 5.74) is 2.55. The summed E-state index contributed by atoms with van der Waals surface area (Å²) in [6.07, 6.45) is -9.58. The molecule has 0 saturated carbocycles. The van der Waals surface area contributed by atoms with Crippen molar-refractivity contribution in [1.29, 1.82) is 10.7 Å². The zero-order valence-corrected chi connectivity index (χ0v) is 10.9. The molecule has 0 amide bonds. The number of alkyl halides is 6. The van der Waals surface area contributed by atoms with E-state index in [-0.39, 0.29) is 0 Å². The van der Waals surface area contributed by atoms with Gasteiger partial charge in [-0.25, -0.2) is 0 Å². The van der Waals surface area contributed by atoms with Crippen LogP contribution in [0.25, 0.3) is 0 Å². The third-order valence-electron chi connectivity index (χ3n) is 2.53. The van der Waals surface area contributed by atoms with Gasteiger partial charge in [-0.05, 0) is 18.2 Å². The van der Waals surface area contributed by atoms with Gasteiger partial charge in [0.25, 0.3) is 0 Å². The summed E-state index contributed by atoms with van der Waals surface area (Å²) >= 11 is 0. The van der Waals surface area contributed by atoms with Crippen molar-refractivity contribution in [3.8, 4) is 6.07 Å². The van der Waals surface area contributed by atoms with Gasteiger partial charge in [0.1, 0.15) is 12.4 Å². The zero-order chi connectivity index (χ0) is 17.1. The molecule has 22 heavy (non-hydrogen) atoms. The molecule has 0 fully saturated rings. The van der Waals surface area contributed by atoms with E-state index in [0.29, 0.717) is 11.0 Å². The van der Waals surface area contributed by atoms with E-state index in [1.165, 1.54) is 6.07 Å². The van der Waals surface area contributed by atoms with Crippen LogP contribution >= 0.6 is 0 Å². The molecule has 0 heterocycles. The number of anilines is 1. The standard InChI is InChI=1S/C12H10F6N4/c13-11(14,15)6-22(5-10(20)21)8-2-1-7(4-19)9(3-8)12(16,17)18/h1-3H,5-6H2,(H3,20,21). The molecule has 0 aliphatic carbocycles. The minimum absolute atomic E-state index is 0.432. The summed E-state index contributed by atoms with van der Waals surface area (Å²) in [5, 5.41) is 15.7. The van der Waals surface area contributed by atoms with E-state index >= 15 is 0 Å². The van der Waals surface area contributed by atoms with Crippen LogP contribution in [-0.4, -0.2) is 25.1 Å². The zero-order valence-electron chi connectivity index (χ0n) is 10.9. The Balaban J connectivity index is 3.31. The van der Waals surface area contributed by atoms with Crippen LogP contribution in [0.4, 0.5) is 32.0 Å². The van der Waals surface area contributed by atoms with E-state index < -0.39 is 48.1 Å². The van der Waals surface area contributed by atoms with Gasteiger partial charge in [-0.1, -0.05) is 0 Å². The average Bonchev–Trinajstić information content (AvgIpc) is 2.34. The van der Waals surface area contributed by atoms with Gasteiger partial charge in [0, 0.05) is 5.69 Å². The SMILES string of the molecule is N#Cc1ccc(N(CC(=N)N)CC(F)(F)F)cc1C(F)(F)F. The molecule has 4 nitrogen and oxygen atoms in total. The predicted octanol–water partition coefficient (Wildman–Crippen LogP) is 2.88. The molecule has 0 spiro atoms. The summed E-state index contributed by atoms with van der Waals surface area (Å²) in [6, 6.07) is 3.49. The summed E-state index contributed by atoms with van der Waals surface area (Å²) in [5.74, 6) is -0.637. The second-order valence-corrected chi connectivity index (χ2v) is 4.34. The highest BCUT2D eigenvalue weighted by Crippen LogP contribution is 2.35. The van der Waals surface area contributed by atoms with Crippen molar-refractivity contribution in [3.63, 3.8) is 0 Å². The molecule has 1 aromatic rings. The molecule has 0 atom stereocenters. The van der Waals surface area contributed by atoms with Gasteiger partial charge in [-0.3, -0.25) is 5.41 Å². The number of hydrogen-bond donors (Lipinski definition) is 2. The fourth-order valence-corrected chi connectivity index (χ4v) is 1.72. The maximum atomic E-state index is 12.8. The van der Waals surface area contributed by atoms with Crippen molar-refractivity contribution in [3.05, 3.63) is 29.3 Å². The maximum Gasteiger partial charge on any atom is 0.417 e. The highest BCUT2D eigenvalue weighted by Gasteiger charge is 2.36. The molecule has 0 aliphatic heterocycles. The molecule has 0 radical (unpaired) electrons. The number of nitrogens with one attached hydrogen (secondary N) is 1. The second kappa shape index (κ2) is 6.13. The van der Waals surface area contributed by atoms with Crippen LogP contribution in [0.2, 0.25) is 0 Å². The van der Waals surface area contributed by atoms with Gasteiger partial charge < -0.3 is 10.6 Å². The lowest BCUT2D eigenvalue weighted by Crippen LogP contribution is -2.40. The number of rotatable bonds is 4. The molecule has 1 aromatic carbocycles. The van der Waals surface area contributed by atoms with Gasteiger partial charge >= 0.3 is 12.4 Å². The van der Waals surface area contributed by atoms with Crippen LogP contribution in [0.15, 0.2) is 18.2 Å². The monoisotopic (exact) mass is 324 g/mol. The van der Waals surface area contributed by atoms with E-state index in [1.54, 1.807) is 0 Å². The lowest BCUT2D eigenvalue weighted by atomic mass is 10.1. The first-order chi connectivity index (χ1) is 9.94. The Morgan fingerprint density at radius 2 is 1.82 bits per heavy atom. The van der Waals surface area contributed by atoms with Crippen molar-refractivity contribution < 1.29 is 26.3 Å². The Bertz CT molecular complexity index is 599. The number of benzene rings is 1. The number of nitrogens with zero attached hydrogens (tertiary/aromatic N) is 2. The summed E-state index contributed by atoms with van der Waals surface area (Å²) in [7, 11) is 0. The number of hydrogen-bond acceptors (Lipinski definition) is 3. The van der Waals surface area contributed by atoms with Crippen molar-refractivity contribution in [2.24, 2.45) is 5.73 Å². The van der Waals surface area contributed by atoms with Crippen molar-refractivity contribution in [2.75, 3.05) is 18.0 Å². The number of nitrogens with two attached hydrogens (primary N) is 1. The molecule has 1 rings (SSSR count). The normalized spacial score (nSPS) is 11.9. The number of halogens is 6. The quantitative estimate of drug-likeness (QED) is 0.508. The molecule has 120 valence electrons. The summed E-state index contributed by atoms with van der Waals surface area (Å²) in [4.78, 5) is 0.485. The van der Waals surface area contributed by atoms with E-state index in [9.17, 15) is 26.3 Å². The highest BCUT2D eigenvalue weighted by molar-refractivity contribution is 5.82. The molecular formula is C12H10F6N4. The van der Waals surface area contributed by atoms with Crippen molar-refractivity contribution in [1.82, 2.24) is 0 Å². The molecule has 0 aliphatic rings. The van der Waals surface area contributed by atoms with Crippen LogP contribution in [0.1, 0.15) is 11.1 Å². The first kappa shape index (κ1) is 17.6. The summed E-state index contributed by atoms with van der Waals surface area (Å²) < 4.78 is 75.9. The Morgan fingerprint density at radius 3 is 2.23 bits per heavy atom. The van der Waals surface area contributed by atoms with E-state index in [1.807, 2.05) is 0 Å². The van der Waals surface area contributed by atoms with E-state index in [2.05, 4.69) is 0 Å². The van der Waals surface area contributed by atoms with Gasteiger partial charge in [-0.15, -0.1) is 0 Å². The molecule has 0 unspecified atom stereocenters. The number of nitriles is 1. The van der Waals surface area contributed by atoms with Gasteiger partial charge in [0.2, 0.25) is 0 Å². The topological polar surface area (TPSA) is 76.9 Å². The third kappa shape index (κ3) is 4.83. The minimum atomic E-state index is -4.89. The molecule has 10 heteroatoms. The van der Waals surface area contributed by atoms with Gasteiger partial charge in [0.05, 0.1) is 23.7 Å². The molecule has 3 N–H and O–H groups in total. The maximum absolute atomic E-state index is 12.8.